The van der Waals surface area contributed by atoms with Gasteiger partial charge in [-0.3, -0.25) is 0 Å². The van der Waals surface area contributed by atoms with Crippen molar-refractivity contribution in [3.05, 3.63) is 35.8 Å². The Bertz CT molecular complexity index is 462. The Hall–Kier alpha value is -1.82. The van der Waals surface area contributed by atoms with Gasteiger partial charge in [0.25, 0.3) is 0 Å². The molecule has 2 heterocycles. The molecule has 2 aromatic rings. The predicted molar refractivity (Wildman–Crippen MR) is 44.6 cm³/mol. The first-order valence-corrected chi connectivity index (χ1v) is 3.65. The van der Waals surface area contributed by atoms with Crippen molar-refractivity contribution in [1.29, 1.82) is 5.26 Å². The molecule has 0 N–H and O–H groups in total. The number of rotatable bonds is 0. The van der Waals surface area contributed by atoms with Crippen molar-refractivity contribution >= 4 is 5.65 Å². The normalized spacial score (nSPS) is 10.0. The zero-order valence-corrected chi connectivity index (χ0v) is 6.65. The van der Waals surface area contributed by atoms with Crippen molar-refractivity contribution in [2.24, 2.45) is 0 Å². The molecule has 0 atom stereocenters. The highest BCUT2D eigenvalue weighted by atomic mass is 15.0. The molecule has 3 heteroatoms. The lowest BCUT2D eigenvalue weighted by atomic mass is 10.4. The standard InChI is InChI=1S/C9H7N3/c1-7-2-3-9-11-5-8(4-10)6-12(7)9/h2-3,5-6H,1H3. The number of hydrogen-bond acceptors (Lipinski definition) is 2. The Morgan fingerprint density at radius 3 is 3.08 bits per heavy atom. The van der Waals surface area contributed by atoms with E-state index in [-0.39, 0.29) is 0 Å². The minimum absolute atomic E-state index is 0.585. The third-order valence-electron chi connectivity index (χ3n) is 1.83. The molecule has 0 aliphatic rings. The van der Waals surface area contributed by atoms with Gasteiger partial charge in [-0.1, -0.05) is 0 Å². The maximum Gasteiger partial charge on any atom is 0.136 e. The van der Waals surface area contributed by atoms with Crippen LogP contribution in [0.5, 0.6) is 0 Å². The summed E-state index contributed by atoms with van der Waals surface area (Å²) in [6.45, 7) is 1.98. The van der Waals surface area contributed by atoms with E-state index in [4.69, 9.17) is 5.26 Å². The number of nitriles is 1. The molecular formula is C9H7N3. The van der Waals surface area contributed by atoms with Gasteiger partial charge in [-0.15, -0.1) is 0 Å². The summed E-state index contributed by atoms with van der Waals surface area (Å²) in [5.41, 5.74) is 2.56. The summed E-state index contributed by atoms with van der Waals surface area (Å²) < 4.78 is 1.90. The van der Waals surface area contributed by atoms with Gasteiger partial charge in [0.15, 0.2) is 0 Å². The molecule has 0 aliphatic carbocycles. The maximum atomic E-state index is 8.62. The highest BCUT2D eigenvalue weighted by molar-refractivity contribution is 5.43. The Balaban J connectivity index is 2.82. The van der Waals surface area contributed by atoms with Crippen LogP contribution >= 0.6 is 0 Å². The average molecular weight is 157 g/mol. The van der Waals surface area contributed by atoms with Crippen LogP contribution in [0.1, 0.15) is 11.3 Å². The van der Waals surface area contributed by atoms with Gasteiger partial charge in [0, 0.05) is 18.1 Å². The van der Waals surface area contributed by atoms with Gasteiger partial charge >= 0.3 is 0 Å². The first kappa shape index (κ1) is 6.86. The lowest BCUT2D eigenvalue weighted by molar-refractivity contribution is 1.06. The number of fused-ring (bicyclic) bond motifs is 1. The molecule has 58 valence electrons. The lowest BCUT2D eigenvalue weighted by Crippen LogP contribution is -1.90. The fourth-order valence-corrected chi connectivity index (χ4v) is 1.18. The molecule has 0 aromatic carbocycles. The summed E-state index contributed by atoms with van der Waals surface area (Å²) in [7, 11) is 0. The van der Waals surface area contributed by atoms with Crippen molar-refractivity contribution < 1.29 is 0 Å². The van der Waals surface area contributed by atoms with E-state index >= 15 is 0 Å². The first-order chi connectivity index (χ1) is 5.81. The van der Waals surface area contributed by atoms with Crippen LogP contribution in [0.3, 0.4) is 0 Å². The zero-order chi connectivity index (χ0) is 8.55. The van der Waals surface area contributed by atoms with Gasteiger partial charge in [0.1, 0.15) is 11.7 Å². The maximum absolute atomic E-state index is 8.62. The largest absolute Gasteiger partial charge is 0.305 e. The van der Waals surface area contributed by atoms with Crippen molar-refractivity contribution in [2.75, 3.05) is 0 Å². The van der Waals surface area contributed by atoms with Crippen LogP contribution in [0.15, 0.2) is 24.5 Å². The first-order valence-electron chi connectivity index (χ1n) is 3.65. The predicted octanol–water partition coefficient (Wildman–Crippen LogP) is 1.51. The number of aryl methyl sites for hydroxylation is 1. The van der Waals surface area contributed by atoms with Crippen LogP contribution in [0.4, 0.5) is 0 Å². The molecule has 12 heavy (non-hydrogen) atoms. The summed E-state index contributed by atoms with van der Waals surface area (Å²) in [4.78, 5) is 4.11. The van der Waals surface area contributed by atoms with E-state index in [1.54, 1.807) is 12.4 Å². The third-order valence-corrected chi connectivity index (χ3v) is 1.83. The fraction of sp³-hybridized carbons (Fsp3) is 0.111. The average Bonchev–Trinajstić information content (AvgIpc) is 2.47. The van der Waals surface area contributed by atoms with Crippen molar-refractivity contribution in [2.45, 2.75) is 6.92 Å². The highest BCUT2D eigenvalue weighted by Gasteiger charge is 1.98. The van der Waals surface area contributed by atoms with Gasteiger partial charge in [-0.2, -0.15) is 5.26 Å². The quantitative estimate of drug-likeness (QED) is 0.581. The molecule has 0 fully saturated rings. The van der Waals surface area contributed by atoms with Crippen LogP contribution in [-0.2, 0) is 0 Å². The molecule has 0 spiro atoms. The molecule has 0 aliphatic heterocycles. The number of aromatic nitrogens is 2. The van der Waals surface area contributed by atoms with Crippen molar-refractivity contribution in [3.63, 3.8) is 0 Å². The molecule has 2 aromatic heterocycles. The molecule has 2 rings (SSSR count). The van der Waals surface area contributed by atoms with E-state index in [9.17, 15) is 0 Å². The summed E-state index contributed by atoms with van der Waals surface area (Å²) >= 11 is 0. The van der Waals surface area contributed by atoms with E-state index in [0.717, 1.165) is 11.3 Å². The summed E-state index contributed by atoms with van der Waals surface area (Å²) in [5.74, 6) is 0. The topological polar surface area (TPSA) is 41.1 Å². The zero-order valence-electron chi connectivity index (χ0n) is 6.65. The Labute approximate surface area is 69.9 Å². The van der Waals surface area contributed by atoms with E-state index in [2.05, 4.69) is 11.1 Å². The second-order valence-corrected chi connectivity index (χ2v) is 2.66. The van der Waals surface area contributed by atoms with Gasteiger partial charge in [-0.05, 0) is 19.1 Å². The van der Waals surface area contributed by atoms with Gasteiger partial charge in [0.2, 0.25) is 0 Å². The third kappa shape index (κ3) is 0.857. The van der Waals surface area contributed by atoms with Crippen LogP contribution in [0, 0.1) is 18.3 Å². The Kier molecular flexibility index (Phi) is 1.34. The molecule has 0 bridgehead atoms. The van der Waals surface area contributed by atoms with Crippen LogP contribution in [0.2, 0.25) is 0 Å². The second kappa shape index (κ2) is 2.35. The van der Waals surface area contributed by atoms with Gasteiger partial charge in [-0.25, -0.2) is 4.98 Å². The fourth-order valence-electron chi connectivity index (χ4n) is 1.18. The monoisotopic (exact) mass is 157 g/mol. The van der Waals surface area contributed by atoms with Crippen LogP contribution in [0.25, 0.3) is 5.65 Å². The SMILES string of the molecule is Cc1ccc2ncc(C#N)cn12. The molecule has 0 radical (unpaired) electrons. The number of nitrogens with zero attached hydrogens (tertiary/aromatic N) is 3. The van der Waals surface area contributed by atoms with E-state index in [1.807, 2.05) is 23.5 Å². The molecule has 0 saturated heterocycles. The van der Waals surface area contributed by atoms with E-state index < -0.39 is 0 Å². The Morgan fingerprint density at radius 1 is 1.50 bits per heavy atom. The molecule has 0 unspecified atom stereocenters. The minimum atomic E-state index is 0.585. The molecule has 3 nitrogen and oxygen atoms in total. The minimum Gasteiger partial charge on any atom is -0.305 e. The Morgan fingerprint density at radius 2 is 2.33 bits per heavy atom. The van der Waals surface area contributed by atoms with Crippen molar-refractivity contribution in [3.8, 4) is 6.07 Å². The van der Waals surface area contributed by atoms with E-state index in [1.165, 1.54) is 0 Å². The number of hydrogen-bond donors (Lipinski definition) is 0. The smallest absolute Gasteiger partial charge is 0.136 e. The lowest BCUT2D eigenvalue weighted by Gasteiger charge is -1.95. The summed E-state index contributed by atoms with van der Waals surface area (Å²) in [6.07, 6.45) is 3.37. The van der Waals surface area contributed by atoms with Crippen molar-refractivity contribution in [1.82, 2.24) is 9.38 Å². The highest BCUT2D eigenvalue weighted by Crippen LogP contribution is 2.07. The molecule has 0 amide bonds. The van der Waals surface area contributed by atoms with E-state index in [0.29, 0.717) is 5.56 Å². The second-order valence-electron chi connectivity index (χ2n) is 2.66. The van der Waals surface area contributed by atoms with Gasteiger partial charge < -0.3 is 4.40 Å². The van der Waals surface area contributed by atoms with Crippen LogP contribution < -0.4 is 0 Å². The van der Waals surface area contributed by atoms with Gasteiger partial charge in [0.05, 0.1) is 5.56 Å². The molecule has 0 saturated carbocycles. The summed E-state index contributed by atoms with van der Waals surface area (Å²) in [6, 6.07) is 5.96. The summed E-state index contributed by atoms with van der Waals surface area (Å²) in [5, 5.41) is 8.62. The van der Waals surface area contributed by atoms with Crippen LogP contribution in [-0.4, -0.2) is 9.38 Å². The molecular weight excluding hydrogens is 150 g/mol.